The average molecular weight is 418 g/mol. The maximum absolute atomic E-state index is 13.7. The topological polar surface area (TPSA) is 97.8 Å². The number of halogens is 2. The van der Waals surface area contributed by atoms with Crippen molar-refractivity contribution in [3.05, 3.63) is 0 Å². The van der Waals surface area contributed by atoms with Crippen molar-refractivity contribution in [2.75, 3.05) is 6.54 Å². The van der Waals surface area contributed by atoms with Crippen LogP contribution in [0.5, 0.6) is 0 Å². The minimum Gasteiger partial charge on any atom is -0.389 e. The predicted octanol–water partition coefficient (Wildman–Crippen LogP) is 1.56. The Kier molecular flexibility index (Phi) is 7.17. The number of guanidine groups is 1. The predicted molar refractivity (Wildman–Crippen MR) is 108 cm³/mol. The molecule has 2 saturated carbocycles. The Hall–Kier alpha value is -0.960. The van der Waals surface area contributed by atoms with E-state index in [0.29, 0.717) is 25.2 Å². The minimum atomic E-state index is -0.986. The maximum Gasteiger partial charge on any atom is 0.229 e. The largest absolute Gasteiger partial charge is 0.389 e. The monoisotopic (exact) mass is 417 g/mol. The van der Waals surface area contributed by atoms with Crippen LogP contribution in [0.2, 0.25) is 0 Å². The summed E-state index contributed by atoms with van der Waals surface area (Å²) in [5.74, 6) is 0.321. The second-order valence-corrected chi connectivity index (χ2v) is 9.64. The molecule has 6 unspecified atom stereocenters. The molecule has 3 fully saturated rings. The van der Waals surface area contributed by atoms with Gasteiger partial charge in [0.2, 0.25) is 5.91 Å². The van der Waals surface area contributed by atoms with Gasteiger partial charge in [-0.15, -0.1) is 11.6 Å². The van der Waals surface area contributed by atoms with E-state index in [1.165, 1.54) is 0 Å². The third-order valence-corrected chi connectivity index (χ3v) is 6.23. The zero-order valence-electron chi connectivity index (χ0n) is 16.7. The smallest absolute Gasteiger partial charge is 0.229 e. The quantitative estimate of drug-likeness (QED) is 0.272. The minimum absolute atomic E-state index is 0.0339. The number of hydrogen-bond acceptors (Lipinski definition) is 5. The van der Waals surface area contributed by atoms with E-state index < -0.39 is 11.8 Å². The van der Waals surface area contributed by atoms with Crippen LogP contribution in [0.25, 0.3) is 0 Å². The number of fused-ring (bicyclic) bond motifs is 1. The Balaban J connectivity index is 1.64. The van der Waals surface area contributed by atoms with Crippen LogP contribution in [0.15, 0.2) is 4.99 Å². The molecule has 28 heavy (non-hydrogen) atoms. The number of alkyl halides is 2. The Morgan fingerprint density at radius 2 is 2.04 bits per heavy atom. The van der Waals surface area contributed by atoms with Gasteiger partial charge in [0.15, 0.2) is 5.96 Å². The van der Waals surface area contributed by atoms with Crippen molar-refractivity contribution < 1.29 is 14.3 Å². The van der Waals surface area contributed by atoms with Crippen molar-refractivity contribution in [1.82, 2.24) is 21.5 Å². The highest BCUT2D eigenvalue weighted by atomic mass is 35.5. The van der Waals surface area contributed by atoms with Gasteiger partial charge in [-0.05, 0) is 52.4 Å². The summed E-state index contributed by atoms with van der Waals surface area (Å²) in [5, 5.41) is 16.2. The van der Waals surface area contributed by atoms with Crippen molar-refractivity contribution in [1.29, 1.82) is 0 Å². The fourth-order valence-electron chi connectivity index (χ4n) is 4.28. The summed E-state index contributed by atoms with van der Waals surface area (Å²) in [4.78, 5) is 17.2. The van der Waals surface area contributed by atoms with Crippen LogP contribution in [-0.4, -0.2) is 52.9 Å². The van der Waals surface area contributed by atoms with E-state index in [-0.39, 0.29) is 41.9 Å². The van der Waals surface area contributed by atoms with Crippen molar-refractivity contribution >= 4 is 23.5 Å². The fourth-order valence-corrected chi connectivity index (χ4v) is 4.65. The van der Waals surface area contributed by atoms with Gasteiger partial charge >= 0.3 is 0 Å². The number of hydrazine groups is 1. The van der Waals surface area contributed by atoms with E-state index in [1.54, 1.807) is 13.8 Å². The molecule has 1 saturated heterocycles. The fraction of sp³-hybridized carbons (Fsp3) is 0.895. The molecule has 0 aromatic carbocycles. The molecule has 3 rings (SSSR count). The van der Waals surface area contributed by atoms with Gasteiger partial charge in [-0.3, -0.25) is 15.5 Å². The molecule has 0 radical (unpaired) electrons. The van der Waals surface area contributed by atoms with E-state index in [1.807, 2.05) is 0 Å². The first-order valence-electron chi connectivity index (χ1n) is 10.3. The number of hydrogen-bond donors (Lipinski definition) is 5. The van der Waals surface area contributed by atoms with Gasteiger partial charge in [0.25, 0.3) is 0 Å². The number of carbonyl (C=O) groups excluding carboxylic acids is 1. The summed E-state index contributed by atoms with van der Waals surface area (Å²) in [6.07, 6.45) is 4.22. The molecule has 0 bridgehead atoms. The van der Waals surface area contributed by atoms with Crippen LogP contribution in [0, 0.1) is 11.8 Å². The number of amides is 1. The van der Waals surface area contributed by atoms with E-state index in [0.717, 1.165) is 25.7 Å². The van der Waals surface area contributed by atoms with E-state index in [2.05, 4.69) is 26.5 Å². The average Bonchev–Trinajstić information content (AvgIpc) is 3.00. The molecule has 0 aromatic rings. The number of nitrogens with zero attached hydrogens (tertiary/aromatic N) is 1. The molecule has 2 aliphatic carbocycles. The molecule has 160 valence electrons. The number of aliphatic imine (C=N–C) groups is 1. The van der Waals surface area contributed by atoms with Crippen LogP contribution in [0.3, 0.4) is 0 Å². The van der Waals surface area contributed by atoms with Crippen LogP contribution in [0.4, 0.5) is 4.39 Å². The molecular formula is C19H33ClFN5O2. The Morgan fingerprint density at radius 3 is 2.75 bits per heavy atom. The number of aliphatic hydroxyl groups is 1. The zero-order valence-corrected chi connectivity index (χ0v) is 17.4. The van der Waals surface area contributed by atoms with Crippen LogP contribution < -0.4 is 21.5 Å². The molecule has 1 amide bonds. The summed E-state index contributed by atoms with van der Waals surface area (Å²) >= 11 is 6.23. The van der Waals surface area contributed by atoms with E-state index >= 15 is 0 Å². The second-order valence-electron chi connectivity index (χ2n) is 9.02. The SMILES string of the molecule is CC(C)(O)CN=C(NC(=O)C1CCCC(Cl)C1)NC1NNC2CC(F)CCC21. The number of nitrogens with one attached hydrogen (secondary N) is 4. The molecule has 6 atom stereocenters. The Labute approximate surface area is 171 Å². The van der Waals surface area contributed by atoms with E-state index in [9.17, 15) is 14.3 Å². The van der Waals surface area contributed by atoms with Crippen molar-refractivity contribution in [2.45, 2.75) is 88.2 Å². The normalized spacial score (nSPS) is 36.7. The highest BCUT2D eigenvalue weighted by molar-refractivity contribution is 6.20. The lowest BCUT2D eigenvalue weighted by Gasteiger charge is -2.30. The van der Waals surface area contributed by atoms with Crippen LogP contribution in [-0.2, 0) is 4.79 Å². The first kappa shape index (κ1) is 21.7. The molecular weight excluding hydrogens is 385 g/mol. The first-order chi connectivity index (χ1) is 13.2. The third kappa shape index (κ3) is 6.02. The third-order valence-electron chi connectivity index (χ3n) is 5.83. The molecule has 7 nitrogen and oxygen atoms in total. The summed E-state index contributed by atoms with van der Waals surface area (Å²) < 4.78 is 13.7. The van der Waals surface area contributed by atoms with Gasteiger partial charge in [0, 0.05) is 23.3 Å². The zero-order chi connectivity index (χ0) is 20.3. The molecule has 1 aliphatic heterocycles. The van der Waals surface area contributed by atoms with Gasteiger partial charge < -0.3 is 10.4 Å². The molecule has 0 spiro atoms. The van der Waals surface area contributed by atoms with E-state index in [4.69, 9.17) is 11.6 Å². The van der Waals surface area contributed by atoms with Crippen LogP contribution >= 0.6 is 11.6 Å². The molecule has 0 aromatic heterocycles. The highest BCUT2D eigenvalue weighted by Gasteiger charge is 2.41. The lowest BCUT2D eigenvalue weighted by molar-refractivity contribution is -0.124. The van der Waals surface area contributed by atoms with Gasteiger partial charge in [0.05, 0.1) is 18.3 Å². The van der Waals surface area contributed by atoms with Gasteiger partial charge in [-0.2, -0.15) is 0 Å². The summed E-state index contributed by atoms with van der Waals surface area (Å²) in [6, 6.07) is 0.0582. The standard InChI is InChI=1S/C19H33ClFN5O2/c1-19(2,28)10-22-18(24-17(27)11-4-3-5-12(20)8-11)23-16-14-7-6-13(21)9-15(14)25-26-16/h11-16,25-26,28H,3-10H2,1-2H3,(H2,22,23,24,27). The van der Waals surface area contributed by atoms with Crippen molar-refractivity contribution in [3.8, 4) is 0 Å². The molecule has 3 aliphatic rings. The van der Waals surface area contributed by atoms with Gasteiger partial charge in [0.1, 0.15) is 6.17 Å². The summed E-state index contributed by atoms with van der Waals surface area (Å²) in [7, 11) is 0. The lowest BCUT2D eigenvalue weighted by Crippen LogP contribution is -2.54. The Morgan fingerprint density at radius 1 is 1.25 bits per heavy atom. The number of carbonyl (C=O) groups is 1. The summed E-state index contributed by atoms with van der Waals surface area (Å²) in [6.45, 7) is 3.49. The van der Waals surface area contributed by atoms with Crippen molar-refractivity contribution in [2.24, 2.45) is 16.8 Å². The summed E-state index contributed by atoms with van der Waals surface area (Å²) in [5.41, 5.74) is 5.33. The second kappa shape index (κ2) is 9.24. The lowest BCUT2D eigenvalue weighted by atomic mass is 9.83. The molecule has 1 heterocycles. The number of rotatable bonds is 4. The van der Waals surface area contributed by atoms with Crippen molar-refractivity contribution in [3.63, 3.8) is 0 Å². The van der Waals surface area contributed by atoms with Crippen LogP contribution in [0.1, 0.15) is 58.8 Å². The molecule has 5 N–H and O–H groups in total. The maximum atomic E-state index is 13.7. The molecule has 9 heteroatoms. The first-order valence-corrected chi connectivity index (χ1v) is 10.8. The van der Waals surface area contributed by atoms with Gasteiger partial charge in [-0.1, -0.05) is 6.42 Å². The Bertz CT molecular complexity index is 585. The van der Waals surface area contributed by atoms with Gasteiger partial charge in [-0.25, -0.2) is 14.8 Å². The highest BCUT2D eigenvalue weighted by Crippen LogP contribution is 2.31.